The van der Waals surface area contributed by atoms with Gasteiger partial charge in [-0.3, -0.25) is 14.9 Å². The molecule has 1 aliphatic rings. The van der Waals surface area contributed by atoms with E-state index in [1.54, 1.807) is 18.2 Å². The first-order valence-corrected chi connectivity index (χ1v) is 12.7. The molecule has 7 nitrogen and oxygen atoms in total. The number of anilines is 2. The summed E-state index contributed by atoms with van der Waals surface area (Å²) in [5.41, 5.74) is 2.81. The molecule has 2 N–H and O–H groups in total. The Morgan fingerprint density at radius 1 is 1.09 bits per heavy atom. The van der Waals surface area contributed by atoms with Gasteiger partial charge in [0.25, 0.3) is 11.8 Å². The molecule has 2 aromatic carbocycles. The lowest BCUT2D eigenvalue weighted by atomic mass is 10.1. The smallest absolute Gasteiger partial charge is 0.264 e. The lowest BCUT2D eigenvalue weighted by Crippen LogP contribution is -2.48. The van der Waals surface area contributed by atoms with Gasteiger partial charge in [-0.2, -0.15) is 0 Å². The van der Waals surface area contributed by atoms with Gasteiger partial charge in [0, 0.05) is 31.9 Å². The molecule has 35 heavy (non-hydrogen) atoms. The third-order valence-corrected chi connectivity index (χ3v) is 7.10. The first kappa shape index (κ1) is 25.0. The Kier molecular flexibility index (Phi) is 7.90. The normalized spacial score (nSPS) is 13.3. The van der Waals surface area contributed by atoms with E-state index in [2.05, 4.69) is 15.5 Å². The predicted octanol–water partition coefficient (Wildman–Crippen LogP) is 4.81. The van der Waals surface area contributed by atoms with E-state index in [1.165, 1.54) is 18.4 Å². The predicted molar refractivity (Wildman–Crippen MR) is 145 cm³/mol. The van der Waals surface area contributed by atoms with Crippen LogP contribution in [0.15, 0.2) is 53.9 Å². The lowest BCUT2D eigenvalue weighted by molar-refractivity contribution is 0.0751. The van der Waals surface area contributed by atoms with E-state index in [4.69, 9.17) is 28.6 Å². The molecule has 1 fully saturated rings. The fourth-order valence-electron chi connectivity index (χ4n) is 3.98. The van der Waals surface area contributed by atoms with Crippen molar-refractivity contribution in [3.63, 3.8) is 0 Å². The van der Waals surface area contributed by atoms with Gasteiger partial charge in [-0.25, -0.2) is 0 Å². The molecular formula is C25H25ClN4O3S2. The average molecular weight is 529 g/mol. The zero-order chi connectivity index (χ0) is 24.9. The second-order valence-electron chi connectivity index (χ2n) is 7.99. The molecule has 2 amide bonds. The van der Waals surface area contributed by atoms with E-state index in [0.717, 1.165) is 16.1 Å². The molecule has 0 spiro atoms. The number of ether oxygens (including phenoxy) is 1. The Labute approximate surface area is 218 Å². The van der Waals surface area contributed by atoms with Gasteiger partial charge in [0.15, 0.2) is 5.11 Å². The van der Waals surface area contributed by atoms with Gasteiger partial charge in [0.05, 0.1) is 28.3 Å². The number of aryl methyl sites for hydroxylation is 1. The Hall–Kier alpha value is -3.14. The summed E-state index contributed by atoms with van der Waals surface area (Å²) in [7, 11) is 1.53. The van der Waals surface area contributed by atoms with Crippen LogP contribution in [0.1, 0.15) is 25.6 Å². The highest BCUT2D eigenvalue weighted by atomic mass is 35.5. The van der Waals surface area contributed by atoms with Gasteiger partial charge < -0.3 is 19.9 Å². The van der Waals surface area contributed by atoms with Crippen LogP contribution in [0.3, 0.4) is 0 Å². The van der Waals surface area contributed by atoms with Crippen molar-refractivity contribution < 1.29 is 14.3 Å². The average Bonchev–Trinajstić information content (AvgIpc) is 3.38. The summed E-state index contributed by atoms with van der Waals surface area (Å²) >= 11 is 13.4. The summed E-state index contributed by atoms with van der Waals surface area (Å²) in [5.74, 6) is 0.224. The largest absolute Gasteiger partial charge is 0.496 e. The SMILES string of the molecule is COc1c(C)cccc1C(=O)NC(=S)Nc1ccc(N2CCN(C(=O)c3cccs3)CC2)c(Cl)c1. The van der Waals surface area contributed by atoms with Crippen molar-refractivity contribution in [3.8, 4) is 5.75 Å². The van der Waals surface area contributed by atoms with Crippen molar-refractivity contribution in [2.45, 2.75) is 6.92 Å². The zero-order valence-corrected chi connectivity index (χ0v) is 21.7. The van der Waals surface area contributed by atoms with Crippen LogP contribution in [0.5, 0.6) is 5.75 Å². The molecule has 182 valence electrons. The number of benzene rings is 2. The number of rotatable bonds is 5. The van der Waals surface area contributed by atoms with Gasteiger partial charge in [0.2, 0.25) is 0 Å². The number of nitrogens with one attached hydrogen (secondary N) is 2. The van der Waals surface area contributed by atoms with E-state index in [1.807, 2.05) is 47.5 Å². The van der Waals surface area contributed by atoms with Crippen molar-refractivity contribution in [2.24, 2.45) is 0 Å². The first-order valence-electron chi connectivity index (χ1n) is 11.0. The summed E-state index contributed by atoms with van der Waals surface area (Å²) in [4.78, 5) is 30.0. The van der Waals surface area contributed by atoms with Crippen molar-refractivity contribution in [1.82, 2.24) is 10.2 Å². The molecule has 0 bridgehead atoms. The van der Waals surface area contributed by atoms with Crippen LogP contribution in [-0.4, -0.2) is 55.1 Å². The fraction of sp³-hybridized carbons (Fsp3) is 0.240. The Morgan fingerprint density at radius 2 is 1.86 bits per heavy atom. The highest BCUT2D eigenvalue weighted by Crippen LogP contribution is 2.30. The number of hydrogen-bond acceptors (Lipinski definition) is 6. The molecule has 0 atom stereocenters. The topological polar surface area (TPSA) is 73.9 Å². The maximum Gasteiger partial charge on any atom is 0.264 e. The number of amides is 2. The first-order chi connectivity index (χ1) is 16.9. The molecule has 1 aromatic heterocycles. The van der Waals surface area contributed by atoms with Gasteiger partial charge in [-0.15, -0.1) is 11.3 Å². The van der Waals surface area contributed by atoms with E-state index in [0.29, 0.717) is 48.2 Å². The van der Waals surface area contributed by atoms with Crippen molar-refractivity contribution in [1.29, 1.82) is 0 Å². The quantitative estimate of drug-likeness (QED) is 0.463. The van der Waals surface area contributed by atoms with Crippen molar-refractivity contribution >= 4 is 63.5 Å². The molecule has 0 aliphatic carbocycles. The summed E-state index contributed by atoms with van der Waals surface area (Å²) in [6.45, 7) is 4.52. The van der Waals surface area contributed by atoms with Gasteiger partial charge in [-0.05, 0) is 60.4 Å². The summed E-state index contributed by atoms with van der Waals surface area (Å²) in [5, 5.41) is 8.32. The van der Waals surface area contributed by atoms with Crippen LogP contribution >= 0.6 is 35.2 Å². The van der Waals surface area contributed by atoms with E-state index in [-0.39, 0.29) is 16.9 Å². The van der Waals surface area contributed by atoms with Crippen LogP contribution in [-0.2, 0) is 0 Å². The fourth-order valence-corrected chi connectivity index (χ4v) is 5.18. The number of piperazine rings is 1. The molecule has 2 heterocycles. The number of methoxy groups -OCH3 is 1. The lowest BCUT2D eigenvalue weighted by Gasteiger charge is -2.36. The highest BCUT2D eigenvalue weighted by Gasteiger charge is 2.24. The van der Waals surface area contributed by atoms with Crippen molar-refractivity contribution in [2.75, 3.05) is 43.5 Å². The number of para-hydroxylation sites is 1. The third-order valence-electron chi connectivity index (χ3n) is 5.73. The molecule has 0 radical (unpaired) electrons. The van der Waals surface area contributed by atoms with Gasteiger partial charge in [0.1, 0.15) is 5.75 Å². The Balaban J connectivity index is 1.35. The minimum atomic E-state index is -0.360. The molecule has 4 rings (SSSR count). The standard InChI is InChI=1S/C25H25ClN4O3S2/c1-16-5-3-6-18(22(16)33-2)23(31)28-25(34)27-17-8-9-20(19(26)15-17)29-10-12-30(13-11-29)24(32)21-7-4-14-35-21/h3-9,14-15H,10-13H2,1-2H3,(H2,27,28,31,34). The van der Waals surface area contributed by atoms with Gasteiger partial charge in [-0.1, -0.05) is 29.8 Å². The minimum absolute atomic E-state index is 0.0733. The van der Waals surface area contributed by atoms with Crippen LogP contribution in [0.4, 0.5) is 11.4 Å². The highest BCUT2D eigenvalue weighted by molar-refractivity contribution is 7.80. The maximum absolute atomic E-state index is 12.7. The monoisotopic (exact) mass is 528 g/mol. The van der Waals surface area contributed by atoms with E-state index < -0.39 is 0 Å². The summed E-state index contributed by atoms with van der Waals surface area (Å²) < 4.78 is 5.35. The minimum Gasteiger partial charge on any atom is -0.496 e. The second kappa shape index (κ2) is 11.1. The third kappa shape index (κ3) is 5.75. The van der Waals surface area contributed by atoms with Crippen LogP contribution in [0, 0.1) is 6.92 Å². The van der Waals surface area contributed by atoms with Crippen LogP contribution in [0.25, 0.3) is 0 Å². The molecule has 1 aliphatic heterocycles. The maximum atomic E-state index is 12.7. The van der Waals surface area contributed by atoms with E-state index >= 15 is 0 Å². The van der Waals surface area contributed by atoms with Gasteiger partial charge >= 0.3 is 0 Å². The molecular weight excluding hydrogens is 504 g/mol. The zero-order valence-electron chi connectivity index (χ0n) is 19.3. The van der Waals surface area contributed by atoms with E-state index in [9.17, 15) is 9.59 Å². The number of thiocarbonyl (C=S) groups is 1. The summed E-state index contributed by atoms with van der Waals surface area (Å²) in [6, 6.07) is 14.6. The molecule has 0 saturated carbocycles. The molecule has 10 heteroatoms. The molecule has 1 saturated heterocycles. The molecule has 3 aromatic rings. The number of halogens is 1. The Morgan fingerprint density at radius 3 is 2.51 bits per heavy atom. The number of carbonyl (C=O) groups excluding carboxylic acids is 2. The molecule has 0 unspecified atom stereocenters. The summed E-state index contributed by atoms with van der Waals surface area (Å²) in [6.07, 6.45) is 0. The number of nitrogens with zero attached hydrogens (tertiary/aromatic N) is 2. The number of hydrogen-bond donors (Lipinski definition) is 2. The van der Waals surface area contributed by atoms with Crippen molar-refractivity contribution in [3.05, 3.63) is 74.9 Å². The second-order valence-corrected chi connectivity index (χ2v) is 9.75. The van der Waals surface area contributed by atoms with Crippen LogP contribution < -0.4 is 20.3 Å². The number of carbonyl (C=O) groups is 2. The Bertz CT molecular complexity index is 1240. The number of thiophene rings is 1. The van der Waals surface area contributed by atoms with Crippen LogP contribution in [0.2, 0.25) is 5.02 Å².